The molecule has 0 heterocycles. The highest BCUT2D eigenvalue weighted by molar-refractivity contribution is 5.50. The number of hydrogen-bond acceptors (Lipinski definition) is 4. The zero-order chi connectivity index (χ0) is 14.1. The molecule has 1 aromatic carbocycles. The summed E-state index contributed by atoms with van der Waals surface area (Å²) in [4.78, 5) is 0. The standard InChI is InChI=1S/C15H23NO3/c1-5-6-7-8-16-11-13-14(18-3)9-12(17-2)10-15(13)19-4/h5-6,9-10,16H,7-8,11H2,1-4H3/b6-5+. The summed E-state index contributed by atoms with van der Waals surface area (Å²) in [6, 6.07) is 3.73. The van der Waals surface area contributed by atoms with Crippen molar-refractivity contribution in [1.29, 1.82) is 0 Å². The quantitative estimate of drug-likeness (QED) is 0.579. The Morgan fingerprint density at radius 1 is 1.05 bits per heavy atom. The van der Waals surface area contributed by atoms with Gasteiger partial charge in [0.05, 0.1) is 26.9 Å². The summed E-state index contributed by atoms with van der Waals surface area (Å²) in [5.74, 6) is 2.27. The van der Waals surface area contributed by atoms with E-state index in [2.05, 4.69) is 17.5 Å². The molecule has 0 unspecified atom stereocenters. The second-order valence-electron chi connectivity index (χ2n) is 4.04. The van der Waals surface area contributed by atoms with E-state index in [0.717, 1.165) is 35.8 Å². The van der Waals surface area contributed by atoms with Gasteiger partial charge in [0.15, 0.2) is 0 Å². The second kappa shape index (κ2) is 8.43. The van der Waals surface area contributed by atoms with Gasteiger partial charge in [-0.1, -0.05) is 12.2 Å². The predicted molar refractivity (Wildman–Crippen MR) is 77.2 cm³/mol. The van der Waals surface area contributed by atoms with E-state index in [1.54, 1.807) is 21.3 Å². The Bertz CT molecular complexity index is 391. The fourth-order valence-electron chi connectivity index (χ4n) is 1.82. The first-order valence-corrected chi connectivity index (χ1v) is 6.37. The Morgan fingerprint density at radius 3 is 2.16 bits per heavy atom. The van der Waals surface area contributed by atoms with E-state index in [-0.39, 0.29) is 0 Å². The minimum atomic E-state index is 0.702. The van der Waals surface area contributed by atoms with Crippen molar-refractivity contribution in [2.24, 2.45) is 0 Å². The third kappa shape index (κ3) is 4.48. The van der Waals surface area contributed by atoms with Gasteiger partial charge in [-0.3, -0.25) is 0 Å². The van der Waals surface area contributed by atoms with Crippen LogP contribution < -0.4 is 19.5 Å². The first-order chi connectivity index (χ1) is 9.26. The molecule has 19 heavy (non-hydrogen) atoms. The van der Waals surface area contributed by atoms with Crippen LogP contribution >= 0.6 is 0 Å². The van der Waals surface area contributed by atoms with Crippen LogP contribution in [0.2, 0.25) is 0 Å². The minimum Gasteiger partial charge on any atom is -0.496 e. The molecular weight excluding hydrogens is 242 g/mol. The molecule has 106 valence electrons. The summed E-state index contributed by atoms with van der Waals surface area (Å²) >= 11 is 0. The molecule has 0 radical (unpaired) electrons. The lowest BCUT2D eigenvalue weighted by molar-refractivity contribution is 0.366. The number of nitrogens with one attached hydrogen (secondary N) is 1. The molecule has 0 spiro atoms. The summed E-state index contributed by atoms with van der Waals surface area (Å²) in [5.41, 5.74) is 1.01. The zero-order valence-corrected chi connectivity index (χ0v) is 12.2. The molecule has 0 aliphatic heterocycles. The van der Waals surface area contributed by atoms with Crippen LogP contribution in [0.5, 0.6) is 17.2 Å². The first kappa shape index (κ1) is 15.4. The van der Waals surface area contributed by atoms with Gasteiger partial charge in [-0.2, -0.15) is 0 Å². The van der Waals surface area contributed by atoms with Crippen LogP contribution in [-0.4, -0.2) is 27.9 Å². The average Bonchev–Trinajstić information content (AvgIpc) is 2.46. The average molecular weight is 265 g/mol. The molecule has 0 fully saturated rings. The highest BCUT2D eigenvalue weighted by Crippen LogP contribution is 2.33. The molecule has 0 aliphatic carbocycles. The van der Waals surface area contributed by atoms with Crippen LogP contribution in [0.15, 0.2) is 24.3 Å². The van der Waals surface area contributed by atoms with Gasteiger partial charge in [-0.25, -0.2) is 0 Å². The van der Waals surface area contributed by atoms with Gasteiger partial charge in [0.25, 0.3) is 0 Å². The van der Waals surface area contributed by atoms with Crippen molar-refractivity contribution < 1.29 is 14.2 Å². The molecular formula is C15H23NO3. The van der Waals surface area contributed by atoms with Crippen molar-refractivity contribution >= 4 is 0 Å². The molecule has 0 saturated heterocycles. The highest BCUT2D eigenvalue weighted by atomic mass is 16.5. The van der Waals surface area contributed by atoms with Crippen molar-refractivity contribution in [2.75, 3.05) is 27.9 Å². The minimum absolute atomic E-state index is 0.702. The summed E-state index contributed by atoms with van der Waals surface area (Å²) in [7, 11) is 4.93. The number of hydrogen-bond donors (Lipinski definition) is 1. The topological polar surface area (TPSA) is 39.7 Å². The second-order valence-corrected chi connectivity index (χ2v) is 4.04. The summed E-state index contributed by atoms with van der Waals surface area (Å²) in [5, 5.41) is 3.37. The molecule has 0 atom stereocenters. The van der Waals surface area contributed by atoms with Crippen molar-refractivity contribution in [3.8, 4) is 17.2 Å². The van der Waals surface area contributed by atoms with Crippen LogP contribution in [0.1, 0.15) is 18.9 Å². The van der Waals surface area contributed by atoms with E-state index in [9.17, 15) is 0 Å². The predicted octanol–water partition coefficient (Wildman–Crippen LogP) is 2.77. The number of methoxy groups -OCH3 is 3. The van der Waals surface area contributed by atoms with Gasteiger partial charge in [-0.05, 0) is 19.9 Å². The fourth-order valence-corrected chi connectivity index (χ4v) is 1.82. The van der Waals surface area contributed by atoms with Crippen LogP contribution in [-0.2, 0) is 6.54 Å². The van der Waals surface area contributed by atoms with E-state index < -0.39 is 0 Å². The Hall–Kier alpha value is -1.68. The van der Waals surface area contributed by atoms with E-state index >= 15 is 0 Å². The van der Waals surface area contributed by atoms with Crippen molar-refractivity contribution in [3.05, 3.63) is 29.8 Å². The third-order valence-corrected chi connectivity index (χ3v) is 2.84. The molecule has 0 amide bonds. The summed E-state index contributed by atoms with van der Waals surface area (Å²) in [6.07, 6.45) is 5.20. The SMILES string of the molecule is C/C=C/CCNCc1c(OC)cc(OC)cc1OC. The van der Waals surface area contributed by atoms with Gasteiger partial charge in [-0.15, -0.1) is 0 Å². The van der Waals surface area contributed by atoms with Gasteiger partial charge in [0.2, 0.25) is 0 Å². The van der Waals surface area contributed by atoms with E-state index in [1.165, 1.54) is 0 Å². The van der Waals surface area contributed by atoms with E-state index in [0.29, 0.717) is 6.54 Å². The Labute approximate surface area is 115 Å². The summed E-state index contributed by atoms with van der Waals surface area (Å²) in [6.45, 7) is 3.64. The van der Waals surface area contributed by atoms with Crippen LogP contribution in [0.25, 0.3) is 0 Å². The lowest BCUT2D eigenvalue weighted by Gasteiger charge is -2.15. The molecule has 0 bridgehead atoms. The lowest BCUT2D eigenvalue weighted by Crippen LogP contribution is -2.15. The van der Waals surface area contributed by atoms with Crippen LogP contribution in [0, 0.1) is 0 Å². The van der Waals surface area contributed by atoms with Crippen LogP contribution in [0.4, 0.5) is 0 Å². The zero-order valence-electron chi connectivity index (χ0n) is 12.2. The Balaban J connectivity index is 2.79. The van der Waals surface area contributed by atoms with Gasteiger partial charge >= 0.3 is 0 Å². The maximum absolute atomic E-state index is 5.39. The number of allylic oxidation sites excluding steroid dienone is 1. The number of benzene rings is 1. The maximum atomic E-state index is 5.39. The summed E-state index contributed by atoms with van der Waals surface area (Å²) < 4.78 is 16.0. The highest BCUT2D eigenvalue weighted by Gasteiger charge is 2.12. The van der Waals surface area contributed by atoms with Gasteiger partial charge in [0.1, 0.15) is 17.2 Å². The molecule has 0 saturated carbocycles. The Kier molecular flexibility index (Phi) is 6.82. The smallest absolute Gasteiger partial charge is 0.130 e. The monoisotopic (exact) mass is 265 g/mol. The lowest BCUT2D eigenvalue weighted by atomic mass is 10.1. The van der Waals surface area contributed by atoms with E-state index in [4.69, 9.17) is 14.2 Å². The van der Waals surface area contributed by atoms with Gasteiger partial charge in [0, 0.05) is 18.7 Å². The molecule has 1 aromatic rings. The maximum Gasteiger partial charge on any atom is 0.130 e. The van der Waals surface area contributed by atoms with Gasteiger partial charge < -0.3 is 19.5 Å². The van der Waals surface area contributed by atoms with Crippen molar-refractivity contribution in [2.45, 2.75) is 19.9 Å². The number of ether oxygens (including phenoxy) is 3. The first-order valence-electron chi connectivity index (χ1n) is 6.37. The number of rotatable bonds is 8. The Morgan fingerprint density at radius 2 is 1.68 bits per heavy atom. The largest absolute Gasteiger partial charge is 0.496 e. The van der Waals surface area contributed by atoms with Crippen LogP contribution in [0.3, 0.4) is 0 Å². The fraction of sp³-hybridized carbons (Fsp3) is 0.467. The molecule has 1 rings (SSSR count). The van der Waals surface area contributed by atoms with Crippen molar-refractivity contribution in [3.63, 3.8) is 0 Å². The molecule has 4 heteroatoms. The molecule has 4 nitrogen and oxygen atoms in total. The molecule has 0 aromatic heterocycles. The van der Waals surface area contributed by atoms with E-state index in [1.807, 2.05) is 19.1 Å². The third-order valence-electron chi connectivity index (χ3n) is 2.84. The molecule has 1 N–H and O–H groups in total. The normalized spacial score (nSPS) is 10.7. The molecule has 0 aliphatic rings. The van der Waals surface area contributed by atoms with Crippen molar-refractivity contribution in [1.82, 2.24) is 5.32 Å².